The summed E-state index contributed by atoms with van der Waals surface area (Å²) in [7, 11) is 0. The van der Waals surface area contributed by atoms with Gasteiger partial charge in [0.1, 0.15) is 5.82 Å². The van der Waals surface area contributed by atoms with Crippen LogP contribution in [-0.4, -0.2) is 24.0 Å². The molecule has 0 bridgehead atoms. The molecule has 0 spiro atoms. The fourth-order valence-electron chi connectivity index (χ4n) is 5.41. The van der Waals surface area contributed by atoms with Crippen molar-refractivity contribution < 1.29 is 4.39 Å². The van der Waals surface area contributed by atoms with E-state index in [1.165, 1.54) is 60.2 Å². The highest BCUT2D eigenvalue weighted by atomic mass is 32.1. The molecule has 0 amide bonds. The van der Waals surface area contributed by atoms with Gasteiger partial charge >= 0.3 is 0 Å². The van der Waals surface area contributed by atoms with Gasteiger partial charge in [-0.05, 0) is 110 Å². The van der Waals surface area contributed by atoms with Crippen LogP contribution in [0.3, 0.4) is 0 Å². The van der Waals surface area contributed by atoms with Gasteiger partial charge < -0.3 is 0 Å². The lowest BCUT2D eigenvalue weighted by molar-refractivity contribution is 0.160. The maximum atomic E-state index is 14.0. The van der Waals surface area contributed by atoms with Gasteiger partial charge in [-0.2, -0.15) is 0 Å². The summed E-state index contributed by atoms with van der Waals surface area (Å²) in [5.74, 6) is 0.440. The lowest BCUT2D eigenvalue weighted by Gasteiger charge is -2.39. The molecule has 2 heterocycles. The van der Waals surface area contributed by atoms with Gasteiger partial charge in [0.15, 0.2) is 0 Å². The molecule has 2 aromatic rings. The van der Waals surface area contributed by atoms with Crippen LogP contribution in [0, 0.1) is 18.7 Å². The summed E-state index contributed by atoms with van der Waals surface area (Å²) in [4.78, 5) is 4.18. The van der Waals surface area contributed by atoms with Gasteiger partial charge in [0.05, 0.1) is 0 Å². The van der Waals surface area contributed by atoms with Crippen molar-refractivity contribution in [3.05, 3.63) is 69.2 Å². The second-order valence-corrected chi connectivity index (χ2v) is 9.73. The summed E-state index contributed by atoms with van der Waals surface area (Å²) in [6.45, 7) is 8.77. The van der Waals surface area contributed by atoms with Crippen molar-refractivity contribution in [3.8, 4) is 0 Å². The minimum Gasteiger partial charge on any atom is -0.296 e. The van der Waals surface area contributed by atoms with E-state index in [0.717, 1.165) is 18.5 Å². The van der Waals surface area contributed by atoms with E-state index in [9.17, 15) is 4.39 Å². The van der Waals surface area contributed by atoms with Crippen molar-refractivity contribution >= 4 is 22.5 Å². The number of halogens is 1. The Labute approximate surface area is 185 Å². The van der Waals surface area contributed by atoms with Crippen molar-refractivity contribution in [3.63, 3.8) is 0 Å². The van der Waals surface area contributed by atoms with E-state index in [1.54, 1.807) is 17.7 Å². The Bertz CT molecular complexity index is 930. The quantitative estimate of drug-likeness (QED) is 0.481. The summed E-state index contributed by atoms with van der Waals surface area (Å²) >= 11 is 1.88. The van der Waals surface area contributed by atoms with Crippen LogP contribution < -0.4 is 0 Å². The Hall–Kier alpha value is -1.71. The zero-order valence-corrected chi connectivity index (χ0v) is 19.4. The number of benzene rings is 1. The highest BCUT2D eigenvalue weighted by Crippen LogP contribution is 2.39. The van der Waals surface area contributed by atoms with Crippen LogP contribution in [0.2, 0.25) is 0 Å². The molecule has 2 aliphatic rings. The van der Waals surface area contributed by atoms with Gasteiger partial charge in [0.25, 0.3) is 0 Å². The van der Waals surface area contributed by atoms with Gasteiger partial charge in [-0.3, -0.25) is 4.90 Å². The minimum absolute atomic E-state index is 0.118. The third-order valence-electron chi connectivity index (χ3n) is 7.12. The van der Waals surface area contributed by atoms with Gasteiger partial charge in [0.2, 0.25) is 0 Å². The molecule has 1 aromatic carbocycles. The topological polar surface area (TPSA) is 3.24 Å². The SMILES string of the molecule is C/C=C(\c1cc(F)ccc1CC)C1CCC(N2CC=C(c3sccc3C)CC2)CC1. The van der Waals surface area contributed by atoms with Crippen LogP contribution in [0.15, 0.2) is 41.8 Å². The average molecular weight is 424 g/mol. The van der Waals surface area contributed by atoms with Crippen LogP contribution in [-0.2, 0) is 6.42 Å². The molecule has 1 saturated carbocycles. The van der Waals surface area contributed by atoms with Crippen LogP contribution >= 0.6 is 11.3 Å². The molecule has 0 atom stereocenters. The molecular weight excluding hydrogens is 389 g/mol. The zero-order chi connectivity index (χ0) is 21.1. The van der Waals surface area contributed by atoms with Crippen molar-refractivity contribution in [1.82, 2.24) is 4.90 Å². The van der Waals surface area contributed by atoms with E-state index < -0.39 is 0 Å². The third kappa shape index (κ3) is 4.48. The molecule has 3 heteroatoms. The maximum Gasteiger partial charge on any atom is 0.123 e. The number of nitrogens with zero attached hydrogens (tertiary/aromatic N) is 1. The van der Waals surface area contributed by atoms with E-state index in [4.69, 9.17) is 0 Å². The lowest BCUT2D eigenvalue weighted by Crippen LogP contribution is -2.40. The summed E-state index contributed by atoms with van der Waals surface area (Å²) in [6.07, 6.45) is 11.7. The molecule has 1 fully saturated rings. The van der Waals surface area contributed by atoms with E-state index >= 15 is 0 Å². The van der Waals surface area contributed by atoms with Crippen LogP contribution in [0.5, 0.6) is 0 Å². The Balaban J connectivity index is 1.39. The first kappa shape index (κ1) is 21.5. The highest BCUT2D eigenvalue weighted by Gasteiger charge is 2.29. The van der Waals surface area contributed by atoms with E-state index in [0.29, 0.717) is 12.0 Å². The zero-order valence-electron chi connectivity index (χ0n) is 18.6. The van der Waals surface area contributed by atoms with Crippen molar-refractivity contribution in [2.75, 3.05) is 13.1 Å². The summed E-state index contributed by atoms with van der Waals surface area (Å²) < 4.78 is 14.0. The van der Waals surface area contributed by atoms with Crippen molar-refractivity contribution in [2.45, 2.75) is 65.3 Å². The second-order valence-electron chi connectivity index (χ2n) is 8.81. The Morgan fingerprint density at radius 3 is 2.60 bits per heavy atom. The first-order chi connectivity index (χ1) is 14.6. The van der Waals surface area contributed by atoms with Gasteiger partial charge in [-0.1, -0.05) is 25.1 Å². The first-order valence-corrected chi connectivity index (χ1v) is 12.4. The molecule has 1 aliphatic carbocycles. The third-order valence-corrected chi connectivity index (χ3v) is 8.21. The first-order valence-electron chi connectivity index (χ1n) is 11.5. The molecule has 1 aromatic heterocycles. The van der Waals surface area contributed by atoms with Gasteiger partial charge in [0, 0.05) is 24.0 Å². The highest BCUT2D eigenvalue weighted by molar-refractivity contribution is 7.11. The summed E-state index contributed by atoms with van der Waals surface area (Å²) in [5.41, 5.74) is 6.73. The largest absolute Gasteiger partial charge is 0.296 e. The molecule has 0 radical (unpaired) electrons. The Morgan fingerprint density at radius 1 is 1.20 bits per heavy atom. The lowest BCUT2D eigenvalue weighted by atomic mass is 9.77. The number of hydrogen-bond acceptors (Lipinski definition) is 2. The minimum atomic E-state index is -0.118. The molecule has 0 saturated heterocycles. The predicted octanol–water partition coefficient (Wildman–Crippen LogP) is 7.51. The predicted molar refractivity (Wildman–Crippen MR) is 128 cm³/mol. The van der Waals surface area contributed by atoms with E-state index in [1.807, 2.05) is 17.4 Å². The molecule has 30 heavy (non-hydrogen) atoms. The standard InChI is InChI=1S/C27H34FNS/c1-4-20-6-9-23(28)18-26(20)25(5-2)21-7-10-24(11-8-21)29-15-12-22(13-16-29)27-19(3)14-17-30-27/h5-6,9,12,14,17-18,21,24H,4,7-8,10-11,13,15-16H2,1-3H3/b25-5-. The number of aryl methyl sites for hydroxylation is 2. The Kier molecular flexibility index (Phi) is 6.90. The molecular formula is C27H34FNS. The average Bonchev–Trinajstić information content (AvgIpc) is 3.21. The summed E-state index contributed by atoms with van der Waals surface area (Å²) in [6, 6.07) is 8.24. The van der Waals surface area contributed by atoms with Crippen LogP contribution in [0.25, 0.3) is 11.1 Å². The van der Waals surface area contributed by atoms with Crippen molar-refractivity contribution in [1.29, 1.82) is 0 Å². The van der Waals surface area contributed by atoms with Crippen LogP contribution in [0.4, 0.5) is 4.39 Å². The van der Waals surface area contributed by atoms with Crippen molar-refractivity contribution in [2.24, 2.45) is 5.92 Å². The fourth-order valence-corrected chi connectivity index (χ4v) is 6.41. The molecule has 1 aliphatic heterocycles. The van der Waals surface area contributed by atoms with E-state index in [-0.39, 0.29) is 5.82 Å². The molecule has 4 rings (SSSR count). The Morgan fingerprint density at radius 2 is 2.00 bits per heavy atom. The molecule has 0 N–H and O–H groups in total. The molecule has 160 valence electrons. The maximum absolute atomic E-state index is 14.0. The number of hydrogen-bond donors (Lipinski definition) is 0. The fraction of sp³-hybridized carbons (Fsp3) is 0.481. The second kappa shape index (κ2) is 9.62. The van der Waals surface area contributed by atoms with Crippen LogP contribution in [0.1, 0.15) is 67.5 Å². The summed E-state index contributed by atoms with van der Waals surface area (Å²) in [5, 5.41) is 2.21. The smallest absolute Gasteiger partial charge is 0.123 e. The number of allylic oxidation sites excluding steroid dienone is 2. The number of thiophene rings is 1. The molecule has 1 nitrogen and oxygen atoms in total. The van der Waals surface area contributed by atoms with Gasteiger partial charge in [-0.15, -0.1) is 11.3 Å². The monoisotopic (exact) mass is 423 g/mol. The van der Waals surface area contributed by atoms with E-state index in [2.05, 4.69) is 49.3 Å². The normalized spacial score (nSPS) is 23.5. The number of rotatable bonds is 5. The van der Waals surface area contributed by atoms with Gasteiger partial charge in [-0.25, -0.2) is 4.39 Å². The molecule has 0 unspecified atom stereocenters.